The first-order valence-electron chi connectivity index (χ1n) is 10.9. The minimum atomic E-state index is 0.526. The van der Waals surface area contributed by atoms with Crippen molar-refractivity contribution in [1.82, 2.24) is 5.32 Å². The van der Waals surface area contributed by atoms with Gasteiger partial charge in [-0.1, -0.05) is 104 Å². The number of aliphatic hydroxyl groups excluding tert-OH is 1. The molecule has 0 aromatic carbocycles. The third kappa shape index (κ3) is 19.4. The molecule has 0 aromatic heterocycles. The molecule has 0 spiro atoms. The van der Waals surface area contributed by atoms with Crippen LogP contribution in [0.2, 0.25) is 0 Å². The zero-order valence-corrected chi connectivity index (χ0v) is 16.8. The Bertz CT molecular complexity index is 263. The van der Waals surface area contributed by atoms with Gasteiger partial charge in [-0.25, -0.2) is 0 Å². The van der Waals surface area contributed by atoms with Crippen LogP contribution in [-0.2, 0) is 0 Å². The lowest BCUT2D eigenvalue weighted by Crippen LogP contribution is -2.08. The molecule has 144 valence electrons. The molecule has 0 saturated heterocycles. The van der Waals surface area contributed by atoms with Gasteiger partial charge in [0, 0.05) is 19.2 Å². The van der Waals surface area contributed by atoms with Gasteiger partial charge in [-0.05, 0) is 12.8 Å². The van der Waals surface area contributed by atoms with Crippen LogP contribution < -0.4 is 5.32 Å². The van der Waals surface area contributed by atoms with Crippen LogP contribution in [0.15, 0.2) is 12.0 Å². The van der Waals surface area contributed by atoms with Crippen LogP contribution in [0.5, 0.6) is 0 Å². The highest BCUT2D eigenvalue weighted by Gasteiger charge is 1.95. The van der Waals surface area contributed by atoms with Crippen molar-refractivity contribution in [2.75, 3.05) is 6.54 Å². The highest BCUT2D eigenvalue weighted by atomic mass is 16.3. The topological polar surface area (TPSA) is 32.3 Å². The molecule has 0 aliphatic heterocycles. The summed E-state index contributed by atoms with van der Waals surface area (Å²) in [6.07, 6.45) is 24.1. The molecule has 0 aliphatic rings. The number of allylic oxidation sites excluding steroid dienone is 1. The third-order valence-corrected chi connectivity index (χ3v) is 4.73. The summed E-state index contributed by atoms with van der Waals surface area (Å²) < 4.78 is 0. The molecule has 0 radical (unpaired) electrons. The Morgan fingerprint density at radius 3 is 1.54 bits per heavy atom. The summed E-state index contributed by atoms with van der Waals surface area (Å²) in [6.45, 7) is 5.52. The van der Waals surface area contributed by atoms with Crippen molar-refractivity contribution in [2.24, 2.45) is 0 Å². The summed E-state index contributed by atoms with van der Waals surface area (Å²) in [5, 5.41) is 13.1. The predicted octanol–water partition coefficient (Wildman–Crippen LogP) is 7.65. The van der Waals surface area contributed by atoms with Crippen molar-refractivity contribution in [2.45, 2.75) is 123 Å². The molecule has 0 atom stereocenters. The molecule has 2 heteroatoms. The predicted molar refractivity (Wildman–Crippen MR) is 109 cm³/mol. The quantitative estimate of drug-likeness (QED) is 0.187. The van der Waals surface area contributed by atoms with Crippen LogP contribution in [0.4, 0.5) is 0 Å². The number of nitrogens with one attached hydrogen (secondary N) is 1. The second-order valence-corrected chi connectivity index (χ2v) is 7.29. The average molecular weight is 340 g/mol. The van der Waals surface area contributed by atoms with Gasteiger partial charge in [0.25, 0.3) is 0 Å². The van der Waals surface area contributed by atoms with Crippen molar-refractivity contribution in [1.29, 1.82) is 0 Å². The minimum Gasteiger partial charge on any atom is -0.511 e. The van der Waals surface area contributed by atoms with Gasteiger partial charge < -0.3 is 10.4 Å². The van der Waals surface area contributed by atoms with E-state index in [9.17, 15) is 5.11 Å². The Morgan fingerprint density at radius 1 is 0.625 bits per heavy atom. The van der Waals surface area contributed by atoms with Gasteiger partial charge >= 0.3 is 0 Å². The van der Waals surface area contributed by atoms with Crippen LogP contribution in [0.3, 0.4) is 0 Å². The first kappa shape index (κ1) is 23.3. The van der Waals surface area contributed by atoms with Gasteiger partial charge in [-0.3, -0.25) is 0 Å². The molecule has 0 bridgehead atoms. The highest BCUT2D eigenvalue weighted by molar-refractivity contribution is 4.88. The minimum absolute atomic E-state index is 0.526. The van der Waals surface area contributed by atoms with Crippen LogP contribution >= 0.6 is 0 Å². The van der Waals surface area contributed by atoms with E-state index in [1.165, 1.54) is 96.3 Å². The van der Waals surface area contributed by atoms with E-state index >= 15 is 0 Å². The molecule has 0 unspecified atom stereocenters. The largest absolute Gasteiger partial charge is 0.511 e. The van der Waals surface area contributed by atoms with E-state index in [1.807, 2.05) is 6.20 Å². The second-order valence-electron chi connectivity index (χ2n) is 7.29. The Hall–Kier alpha value is -0.660. The zero-order valence-electron chi connectivity index (χ0n) is 16.8. The summed E-state index contributed by atoms with van der Waals surface area (Å²) in [5.41, 5.74) is 0. The Kier molecular flexibility index (Phi) is 19.8. The molecule has 0 aliphatic carbocycles. The SMILES string of the molecule is CCCCCCCCCCCCNC=C(O)CCCCCCCC. The number of unbranched alkanes of at least 4 members (excludes halogenated alkanes) is 14. The first-order valence-corrected chi connectivity index (χ1v) is 10.9. The Morgan fingerprint density at radius 2 is 1.04 bits per heavy atom. The fraction of sp³-hybridized carbons (Fsp3) is 0.909. The molecule has 2 N–H and O–H groups in total. The van der Waals surface area contributed by atoms with Crippen molar-refractivity contribution in [3.8, 4) is 0 Å². The van der Waals surface area contributed by atoms with Gasteiger partial charge in [-0.2, -0.15) is 0 Å². The Balaban J connectivity index is 3.21. The summed E-state index contributed by atoms with van der Waals surface area (Å²) in [4.78, 5) is 0. The van der Waals surface area contributed by atoms with Gasteiger partial charge in [0.05, 0.1) is 0 Å². The van der Waals surface area contributed by atoms with Crippen LogP contribution in [0, 0.1) is 0 Å². The molecule has 24 heavy (non-hydrogen) atoms. The lowest BCUT2D eigenvalue weighted by Gasteiger charge is -2.04. The van der Waals surface area contributed by atoms with E-state index in [2.05, 4.69) is 19.2 Å². The zero-order chi connectivity index (χ0) is 17.7. The molecular formula is C22H45NO. The van der Waals surface area contributed by atoms with E-state index in [0.29, 0.717) is 5.76 Å². The summed E-state index contributed by atoms with van der Waals surface area (Å²) in [7, 11) is 0. The van der Waals surface area contributed by atoms with E-state index in [4.69, 9.17) is 0 Å². The van der Waals surface area contributed by atoms with E-state index in [1.54, 1.807) is 0 Å². The van der Waals surface area contributed by atoms with E-state index in [0.717, 1.165) is 19.4 Å². The standard InChI is InChI=1S/C22H45NO/c1-3-5-7-9-11-12-13-14-16-18-20-23-21-22(24)19-17-15-10-8-6-4-2/h21,23-24H,3-20H2,1-2H3. The molecule has 0 heterocycles. The molecule has 0 fully saturated rings. The van der Waals surface area contributed by atoms with Crippen LogP contribution in [-0.4, -0.2) is 11.7 Å². The molecule has 0 saturated carbocycles. The summed E-state index contributed by atoms with van der Waals surface area (Å²) in [5.74, 6) is 0.526. The molecule has 0 rings (SSSR count). The number of hydrogen-bond acceptors (Lipinski definition) is 2. The first-order chi connectivity index (χ1) is 11.8. The second kappa shape index (κ2) is 20.4. The normalized spacial score (nSPS) is 11.8. The molecule has 2 nitrogen and oxygen atoms in total. The van der Waals surface area contributed by atoms with Gasteiger partial charge in [0.2, 0.25) is 0 Å². The van der Waals surface area contributed by atoms with E-state index < -0.39 is 0 Å². The third-order valence-electron chi connectivity index (χ3n) is 4.73. The smallest absolute Gasteiger partial charge is 0.108 e. The van der Waals surface area contributed by atoms with Crippen LogP contribution in [0.25, 0.3) is 0 Å². The maximum atomic E-state index is 9.81. The monoisotopic (exact) mass is 339 g/mol. The van der Waals surface area contributed by atoms with Crippen molar-refractivity contribution < 1.29 is 5.11 Å². The molecular weight excluding hydrogens is 294 g/mol. The summed E-state index contributed by atoms with van der Waals surface area (Å²) >= 11 is 0. The number of aliphatic hydroxyl groups is 1. The number of rotatable bonds is 19. The van der Waals surface area contributed by atoms with Crippen LogP contribution in [0.1, 0.15) is 123 Å². The highest BCUT2D eigenvalue weighted by Crippen LogP contribution is 2.11. The van der Waals surface area contributed by atoms with Gasteiger partial charge in [0.1, 0.15) is 5.76 Å². The summed E-state index contributed by atoms with van der Waals surface area (Å²) in [6, 6.07) is 0. The fourth-order valence-electron chi connectivity index (χ4n) is 3.06. The maximum absolute atomic E-state index is 9.81. The lowest BCUT2D eigenvalue weighted by atomic mass is 10.1. The molecule has 0 aromatic rings. The van der Waals surface area contributed by atoms with Crippen molar-refractivity contribution in [3.63, 3.8) is 0 Å². The average Bonchev–Trinajstić information content (AvgIpc) is 2.59. The van der Waals surface area contributed by atoms with Crippen molar-refractivity contribution in [3.05, 3.63) is 12.0 Å². The number of hydrogen-bond donors (Lipinski definition) is 2. The molecule has 0 amide bonds. The maximum Gasteiger partial charge on any atom is 0.108 e. The van der Waals surface area contributed by atoms with E-state index in [-0.39, 0.29) is 0 Å². The Labute approximate surface area is 152 Å². The van der Waals surface area contributed by atoms with Gasteiger partial charge in [-0.15, -0.1) is 0 Å². The fourth-order valence-corrected chi connectivity index (χ4v) is 3.06. The lowest BCUT2D eigenvalue weighted by molar-refractivity contribution is 0.375. The van der Waals surface area contributed by atoms with Gasteiger partial charge in [0.15, 0.2) is 0 Å². The van der Waals surface area contributed by atoms with Crippen molar-refractivity contribution >= 4 is 0 Å².